The highest BCUT2D eigenvalue weighted by atomic mass is 16.1. The second-order valence-corrected chi connectivity index (χ2v) is 7.90. The maximum atomic E-state index is 11.6. The van der Waals surface area contributed by atoms with Gasteiger partial charge in [0.1, 0.15) is 0 Å². The number of anilines is 1. The lowest BCUT2D eigenvalue weighted by atomic mass is 9.86. The van der Waals surface area contributed by atoms with Crippen LogP contribution in [0, 0.1) is 0 Å². The molecule has 4 nitrogen and oxygen atoms in total. The Morgan fingerprint density at radius 1 is 1.22 bits per heavy atom. The van der Waals surface area contributed by atoms with Crippen LogP contribution in [-0.4, -0.2) is 44.6 Å². The Balaban J connectivity index is 2.22. The number of nitrogens with zero attached hydrogens (tertiary/aromatic N) is 2. The average Bonchev–Trinajstić information content (AvgIpc) is 3.29. The number of carbonyl (C=O) groups excluding carboxylic acids is 1. The maximum Gasteiger partial charge on any atom is 0.166 e. The molecule has 27 heavy (non-hydrogen) atoms. The van der Waals surface area contributed by atoms with E-state index in [1.165, 1.54) is 48.0 Å². The number of hydrogen-bond donors (Lipinski definition) is 1. The zero-order chi connectivity index (χ0) is 19.6. The number of carbonyl (C=O) groups is 1. The molecule has 0 aromatic heterocycles. The highest BCUT2D eigenvalue weighted by Crippen LogP contribution is 2.41. The van der Waals surface area contributed by atoms with Gasteiger partial charge in [-0.2, -0.15) is 0 Å². The van der Waals surface area contributed by atoms with Crippen LogP contribution < -0.4 is 5.32 Å². The summed E-state index contributed by atoms with van der Waals surface area (Å²) >= 11 is 0. The van der Waals surface area contributed by atoms with Crippen molar-refractivity contribution in [2.75, 3.05) is 33.0 Å². The number of benzene rings is 1. The molecule has 0 amide bonds. The standard InChI is InChI=1S/C23H31N3O/c1-15-13-25-16(2)23(15)18-10-20(17-8-6-7-9-17)21(22(11-18)24-3)12-19(14-27)26(4)5/h10-12,14,17,24H,6-9,13H2,1-5H3/b19-12+. The molecule has 0 atom stereocenters. The fourth-order valence-electron chi connectivity index (χ4n) is 4.34. The number of allylic oxidation sites excluding steroid dienone is 2. The molecule has 0 unspecified atom stereocenters. The minimum absolute atomic E-state index is 0.554. The SMILES string of the molecule is CNc1cc(C2=C(C)CN=C2C)cc(C2CCCC2)c1/C=C(\C=O)N(C)C. The lowest BCUT2D eigenvalue weighted by Gasteiger charge is -2.21. The molecule has 0 bridgehead atoms. The van der Waals surface area contributed by atoms with Crippen molar-refractivity contribution in [2.45, 2.75) is 45.4 Å². The highest BCUT2D eigenvalue weighted by Gasteiger charge is 2.24. The fourth-order valence-corrected chi connectivity index (χ4v) is 4.34. The van der Waals surface area contributed by atoms with Crippen molar-refractivity contribution < 1.29 is 4.79 Å². The van der Waals surface area contributed by atoms with Crippen LogP contribution in [0.25, 0.3) is 11.6 Å². The van der Waals surface area contributed by atoms with E-state index in [2.05, 4.69) is 36.3 Å². The normalized spacial score (nSPS) is 18.1. The Bertz CT molecular complexity index is 824. The first kappa shape index (κ1) is 19.4. The summed E-state index contributed by atoms with van der Waals surface area (Å²) < 4.78 is 0. The molecule has 1 fully saturated rings. The third kappa shape index (κ3) is 3.85. The number of nitrogens with one attached hydrogen (secondary N) is 1. The smallest absolute Gasteiger partial charge is 0.166 e. The molecular weight excluding hydrogens is 334 g/mol. The first-order valence-electron chi connectivity index (χ1n) is 9.87. The molecular formula is C23H31N3O. The summed E-state index contributed by atoms with van der Waals surface area (Å²) in [7, 11) is 5.78. The molecule has 1 aromatic rings. The van der Waals surface area contributed by atoms with Crippen molar-refractivity contribution in [1.29, 1.82) is 0 Å². The third-order valence-corrected chi connectivity index (χ3v) is 5.84. The maximum absolute atomic E-state index is 11.6. The zero-order valence-corrected chi connectivity index (χ0v) is 17.2. The minimum Gasteiger partial charge on any atom is -0.388 e. The summed E-state index contributed by atoms with van der Waals surface area (Å²) in [6.45, 7) is 5.07. The molecule has 4 heteroatoms. The van der Waals surface area contributed by atoms with E-state index in [4.69, 9.17) is 0 Å². The van der Waals surface area contributed by atoms with Gasteiger partial charge in [0.15, 0.2) is 6.29 Å². The van der Waals surface area contributed by atoms with Crippen LogP contribution in [0.4, 0.5) is 5.69 Å². The van der Waals surface area contributed by atoms with Gasteiger partial charge in [0.05, 0.1) is 12.2 Å². The Morgan fingerprint density at radius 3 is 2.44 bits per heavy atom. The van der Waals surface area contributed by atoms with Crippen LogP contribution in [-0.2, 0) is 4.79 Å². The van der Waals surface area contributed by atoms with Crippen molar-refractivity contribution in [3.8, 4) is 0 Å². The Morgan fingerprint density at radius 2 is 1.93 bits per heavy atom. The molecule has 1 N–H and O–H groups in total. The molecule has 3 rings (SSSR count). The van der Waals surface area contributed by atoms with Gasteiger partial charge in [0.25, 0.3) is 0 Å². The van der Waals surface area contributed by atoms with Gasteiger partial charge in [-0.05, 0) is 61.4 Å². The quantitative estimate of drug-likeness (QED) is 0.585. The summed E-state index contributed by atoms with van der Waals surface area (Å²) in [5, 5.41) is 3.38. The summed E-state index contributed by atoms with van der Waals surface area (Å²) in [6, 6.07) is 4.56. The molecule has 1 aliphatic carbocycles. The lowest BCUT2D eigenvalue weighted by Crippen LogP contribution is -2.13. The van der Waals surface area contributed by atoms with E-state index in [9.17, 15) is 4.79 Å². The number of likely N-dealkylation sites (N-methyl/N-ethyl adjacent to an activating group) is 1. The van der Waals surface area contributed by atoms with E-state index in [1.807, 2.05) is 32.1 Å². The Labute approximate surface area is 163 Å². The lowest BCUT2D eigenvalue weighted by molar-refractivity contribution is -0.105. The van der Waals surface area contributed by atoms with Crippen molar-refractivity contribution in [3.05, 3.63) is 40.1 Å². The van der Waals surface area contributed by atoms with Gasteiger partial charge in [-0.25, -0.2) is 0 Å². The van der Waals surface area contributed by atoms with Gasteiger partial charge in [0.2, 0.25) is 0 Å². The van der Waals surface area contributed by atoms with Crippen LogP contribution in [0.5, 0.6) is 0 Å². The van der Waals surface area contributed by atoms with E-state index >= 15 is 0 Å². The fraction of sp³-hybridized carbons (Fsp3) is 0.478. The second-order valence-electron chi connectivity index (χ2n) is 7.90. The summed E-state index contributed by atoms with van der Waals surface area (Å²) in [6.07, 6.45) is 7.97. The van der Waals surface area contributed by atoms with Crippen LogP contribution in [0.2, 0.25) is 0 Å². The van der Waals surface area contributed by atoms with Gasteiger partial charge in [-0.15, -0.1) is 0 Å². The van der Waals surface area contributed by atoms with Gasteiger partial charge in [0, 0.05) is 43.7 Å². The summed E-state index contributed by atoms with van der Waals surface area (Å²) in [5.41, 5.74) is 9.25. The van der Waals surface area contributed by atoms with E-state index in [0.29, 0.717) is 11.6 Å². The average molecular weight is 366 g/mol. The number of aliphatic imine (C=N–C) groups is 1. The Hall–Kier alpha value is -2.36. The van der Waals surface area contributed by atoms with E-state index in [0.717, 1.165) is 29.8 Å². The molecule has 1 heterocycles. The van der Waals surface area contributed by atoms with Crippen LogP contribution >= 0.6 is 0 Å². The monoisotopic (exact) mass is 365 g/mol. The van der Waals surface area contributed by atoms with Gasteiger partial charge >= 0.3 is 0 Å². The van der Waals surface area contributed by atoms with Crippen molar-refractivity contribution in [3.63, 3.8) is 0 Å². The molecule has 0 saturated heterocycles. The molecule has 2 aliphatic rings. The van der Waals surface area contributed by atoms with Gasteiger partial charge in [-0.3, -0.25) is 9.79 Å². The van der Waals surface area contributed by atoms with Gasteiger partial charge < -0.3 is 10.2 Å². The van der Waals surface area contributed by atoms with Crippen LogP contribution in [0.1, 0.15) is 62.1 Å². The summed E-state index contributed by atoms with van der Waals surface area (Å²) in [5.74, 6) is 0.554. The zero-order valence-electron chi connectivity index (χ0n) is 17.2. The molecule has 0 spiro atoms. The van der Waals surface area contributed by atoms with Gasteiger partial charge in [-0.1, -0.05) is 18.9 Å². The van der Waals surface area contributed by atoms with Crippen molar-refractivity contribution >= 4 is 29.3 Å². The second kappa shape index (κ2) is 8.12. The van der Waals surface area contributed by atoms with Crippen LogP contribution in [0.3, 0.4) is 0 Å². The number of hydrogen-bond acceptors (Lipinski definition) is 4. The molecule has 1 saturated carbocycles. The number of aldehydes is 1. The van der Waals surface area contributed by atoms with Crippen molar-refractivity contribution in [1.82, 2.24) is 4.90 Å². The summed E-state index contributed by atoms with van der Waals surface area (Å²) in [4.78, 5) is 18.1. The molecule has 1 aliphatic heterocycles. The van der Waals surface area contributed by atoms with Crippen molar-refractivity contribution in [2.24, 2.45) is 4.99 Å². The molecule has 1 aromatic carbocycles. The predicted octanol–water partition coefficient (Wildman–Crippen LogP) is 4.74. The predicted molar refractivity (Wildman–Crippen MR) is 115 cm³/mol. The topological polar surface area (TPSA) is 44.7 Å². The highest BCUT2D eigenvalue weighted by molar-refractivity contribution is 6.25. The van der Waals surface area contributed by atoms with E-state index < -0.39 is 0 Å². The molecule has 0 radical (unpaired) electrons. The third-order valence-electron chi connectivity index (χ3n) is 5.84. The minimum atomic E-state index is 0.554. The van der Waals surface area contributed by atoms with E-state index in [1.54, 1.807) is 0 Å². The Kier molecular flexibility index (Phi) is 5.83. The first-order chi connectivity index (χ1) is 13.0. The largest absolute Gasteiger partial charge is 0.388 e. The number of rotatable bonds is 6. The first-order valence-corrected chi connectivity index (χ1v) is 9.87. The van der Waals surface area contributed by atoms with Crippen LogP contribution in [0.15, 0.2) is 28.4 Å². The van der Waals surface area contributed by atoms with E-state index in [-0.39, 0.29) is 0 Å². The molecule has 144 valence electrons.